The van der Waals surface area contributed by atoms with E-state index in [1.54, 1.807) is 11.8 Å². The van der Waals surface area contributed by atoms with Gasteiger partial charge in [-0.25, -0.2) is 4.79 Å². The number of aliphatic hydroxyl groups excluding tert-OH is 1. The molecule has 0 radical (unpaired) electrons. The number of carbonyl (C=O) groups excluding carboxylic acids is 3. The minimum Gasteiger partial charge on any atom is -0.444 e. The Bertz CT molecular complexity index is 1130. The molecule has 3 N–H and O–H groups in total. The van der Waals surface area contributed by atoms with Crippen LogP contribution in [0.5, 0.6) is 0 Å². The fraction of sp³-hybridized carbons (Fsp3) is 0.865. The van der Waals surface area contributed by atoms with Crippen molar-refractivity contribution in [2.75, 3.05) is 58.5 Å². The summed E-state index contributed by atoms with van der Waals surface area (Å²) < 4.78 is 21.8. The molecular weight excluding hydrogens is 632 g/mol. The monoisotopic (exact) mass is 694 g/mol. The zero-order valence-corrected chi connectivity index (χ0v) is 31.0. The van der Waals surface area contributed by atoms with Gasteiger partial charge in [-0.2, -0.15) is 0 Å². The third kappa shape index (κ3) is 10.4. The molecule has 6 atom stereocenters. The van der Waals surface area contributed by atoms with Crippen molar-refractivity contribution >= 4 is 29.5 Å². The van der Waals surface area contributed by atoms with E-state index in [0.29, 0.717) is 95.5 Å². The Morgan fingerprint density at radius 2 is 1.50 bits per heavy atom. The van der Waals surface area contributed by atoms with Crippen LogP contribution in [0.2, 0.25) is 0 Å². The molecule has 2 amide bonds. The van der Waals surface area contributed by atoms with Gasteiger partial charge in [-0.15, -0.1) is 11.8 Å². The number of allylic oxidation sites excluding steroid dienone is 1. The minimum absolute atomic E-state index is 0.0122. The third-order valence-corrected chi connectivity index (χ3v) is 12.4. The van der Waals surface area contributed by atoms with E-state index in [0.717, 1.165) is 56.3 Å². The molecular formula is C37H62N2O8S. The number of Topliss-reactive ketones (excluding diaryl/α,β-unsaturated/α-hetero) is 1. The molecule has 3 fully saturated rings. The van der Waals surface area contributed by atoms with Crippen molar-refractivity contribution in [3.63, 3.8) is 0 Å². The average Bonchev–Trinajstić information content (AvgIpc) is 3.33. The van der Waals surface area contributed by atoms with E-state index in [4.69, 9.17) is 18.9 Å². The Kier molecular flexibility index (Phi) is 14.7. The molecule has 4 aliphatic rings. The molecule has 0 aliphatic heterocycles. The van der Waals surface area contributed by atoms with E-state index >= 15 is 0 Å². The van der Waals surface area contributed by atoms with Gasteiger partial charge in [0, 0.05) is 44.9 Å². The van der Waals surface area contributed by atoms with Crippen LogP contribution in [0.15, 0.2) is 10.5 Å². The summed E-state index contributed by atoms with van der Waals surface area (Å²) in [5.41, 5.74) is 1.00. The van der Waals surface area contributed by atoms with Gasteiger partial charge < -0.3 is 34.7 Å². The van der Waals surface area contributed by atoms with Crippen molar-refractivity contribution in [3.05, 3.63) is 10.5 Å². The molecule has 0 aromatic rings. The molecule has 274 valence electrons. The van der Waals surface area contributed by atoms with Crippen LogP contribution >= 0.6 is 11.8 Å². The Balaban J connectivity index is 1.02. The van der Waals surface area contributed by atoms with Crippen molar-refractivity contribution in [2.24, 2.45) is 28.6 Å². The van der Waals surface area contributed by atoms with Gasteiger partial charge in [0.25, 0.3) is 0 Å². The van der Waals surface area contributed by atoms with E-state index in [9.17, 15) is 19.5 Å². The lowest BCUT2D eigenvalue weighted by Crippen LogP contribution is -2.51. The number of alkyl carbamates (subject to hydrolysis) is 1. The number of aliphatic hydroxyl groups is 1. The summed E-state index contributed by atoms with van der Waals surface area (Å²) in [7, 11) is 0. The van der Waals surface area contributed by atoms with Gasteiger partial charge in [0.1, 0.15) is 5.60 Å². The molecule has 4 rings (SSSR count). The van der Waals surface area contributed by atoms with E-state index in [-0.39, 0.29) is 28.6 Å². The van der Waals surface area contributed by atoms with Crippen molar-refractivity contribution < 1.29 is 38.4 Å². The standard InChI is InChI=1S/C37H62N2O8S/c1-35(2,3)47-34(43)39-18-7-20-45-22-24-46-23-21-44-19-6-17-38-32(42)14-25-48-33-29-9-8-26-27-10-11-31(41)37(27,5)15-12-28(26)36(29,4)16-13-30(33)40/h26-28,31,41H,6-25H2,1-5H3,(H,38,42)(H,39,43). The molecule has 0 bridgehead atoms. The first-order valence-corrected chi connectivity index (χ1v) is 19.4. The van der Waals surface area contributed by atoms with Crippen molar-refractivity contribution in [3.8, 4) is 0 Å². The molecule has 0 saturated heterocycles. The quantitative estimate of drug-likeness (QED) is 0.152. The Morgan fingerprint density at radius 1 is 0.854 bits per heavy atom. The SMILES string of the molecule is CC(C)(C)OC(=O)NCCCOCCOCCOCCCNC(=O)CCSC1=C2CCC3C(CCC4(C)C(O)CCC34)C2(C)CCC1=O. The van der Waals surface area contributed by atoms with Gasteiger partial charge in [-0.1, -0.05) is 13.8 Å². The predicted molar refractivity (Wildman–Crippen MR) is 188 cm³/mol. The maximum Gasteiger partial charge on any atom is 0.407 e. The minimum atomic E-state index is -0.501. The normalized spacial score (nSPS) is 30.0. The Hall–Kier alpha value is -1.66. The lowest BCUT2D eigenvalue weighted by Gasteiger charge is -2.58. The summed E-state index contributed by atoms with van der Waals surface area (Å²) in [6, 6.07) is 0. The van der Waals surface area contributed by atoms with Crippen LogP contribution in [0.25, 0.3) is 0 Å². The number of hydrogen-bond donors (Lipinski definition) is 3. The van der Waals surface area contributed by atoms with Gasteiger partial charge in [-0.05, 0) is 113 Å². The second-order valence-corrected chi connectivity index (χ2v) is 16.7. The summed E-state index contributed by atoms with van der Waals surface area (Å²) >= 11 is 1.60. The van der Waals surface area contributed by atoms with Crippen LogP contribution in [0.3, 0.4) is 0 Å². The van der Waals surface area contributed by atoms with E-state index < -0.39 is 11.7 Å². The summed E-state index contributed by atoms with van der Waals surface area (Å²) in [6.07, 6.45) is 9.21. The highest BCUT2D eigenvalue weighted by atomic mass is 32.2. The maximum absolute atomic E-state index is 13.1. The maximum atomic E-state index is 13.1. The number of ether oxygens (including phenoxy) is 4. The zero-order chi connectivity index (χ0) is 34.8. The van der Waals surface area contributed by atoms with Crippen LogP contribution < -0.4 is 10.6 Å². The summed E-state index contributed by atoms with van der Waals surface area (Å²) in [4.78, 5) is 38.2. The molecule has 10 nitrogen and oxygen atoms in total. The van der Waals surface area contributed by atoms with Crippen LogP contribution in [0.1, 0.15) is 105 Å². The van der Waals surface area contributed by atoms with Crippen LogP contribution in [0, 0.1) is 28.6 Å². The Morgan fingerprint density at radius 3 is 2.17 bits per heavy atom. The molecule has 48 heavy (non-hydrogen) atoms. The smallest absolute Gasteiger partial charge is 0.407 e. The van der Waals surface area contributed by atoms with Crippen molar-refractivity contribution in [1.82, 2.24) is 10.6 Å². The number of carbonyl (C=O) groups is 3. The Labute approximate surface area is 292 Å². The van der Waals surface area contributed by atoms with Gasteiger partial charge in [-0.3, -0.25) is 9.59 Å². The number of amides is 2. The van der Waals surface area contributed by atoms with E-state index in [1.165, 1.54) is 5.57 Å². The number of fused-ring (bicyclic) bond motifs is 5. The second kappa shape index (κ2) is 18.0. The molecule has 6 unspecified atom stereocenters. The average molecular weight is 695 g/mol. The molecule has 11 heteroatoms. The molecule has 0 aromatic carbocycles. The second-order valence-electron chi connectivity index (χ2n) is 15.6. The highest BCUT2D eigenvalue weighted by Gasteiger charge is 2.59. The number of thioether (sulfide) groups is 1. The van der Waals surface area contributed by atoms with Gasteiger partial charge in [0.2, 0.25) is 5.91 Å². The molecule has 4 aliphatic carbocycles. The summed E-state index contributed by atoms with van der Waals surface area (Å²) in [6.45, 7) is 14.3. The van der Waals surface area contributed by atoms with Gasteiger partial charge in [0.05, 0.1) is 37.4 Å². The topological polar surface area (TPSA) is 132 Å². The van der Waals surface area contributed by atoms with Gasteiger partial charge in [0.15, 0.2) is 5.78 Å². The van der Waals surface area contributed by atoms with E-state index in [2.05, 4.69) is 24.5 Å². The lowest BCUT2D eigenvalue weighted by atomic mass is 9.47. The largest absolute Gasteiger partial charge is 0.444 e. The number of nitrogens with one attached hydrogen (secondary N) is 2. The van der Waals surface area contributed by atoms with Crippen LogP contribution in [0.4, 0.5) is 4.79 Å². The number of rotatable bonds is 18. The number of hydrogen-bond acceptors (Lipinski definition) is 9. The third-order valence-electron chi connectivity index (χ3n) is 11.3. The lowest BCUT2D eigenvalue weighted by molar-refractivity contribution is -0.121. The molecule has 0 heterocycles. The fourth-order valence-corrected chi connectivity index (χ4v) is 10.0. The predicted octanol–water partition coefficient (Wildman–Crippen LogP) is 5.80. The van der Waals surface area contributed by atoms with Crippen molar-refractivity contribution in [2.45, 2.75) is 117 Å². The van der Waals surface area contributed by atoms with Crippen molar-refractivity contribution in [1.29, 1.82) is 0 Å². The van der Waals surface area contributed by atoms with Crippen LogP contribution in [-0.2, 0) is 28.5 Å². The molecule has 3 saturated carbocycles. The molecule has 0 aromatic heterocycles. The zero-order valence-electron chi connectivity index (χ0n) is 30.2. The first-order chi connectivity index (χ1) is 22.8. The van der Waals surface area contributed by atoms with Gasteiger partial charge >= 0.3 is 6.09 Å². The first kappa shape index (κ1) is 39.1. The number of ketones is 1. The highest BCUT2D eigenvalue weighted by molar-refractivity contribution is 8.04. The molecule has 0 spiro atoms. The van der Waals surface area contributed by atoms with E-state index in [1.807, 2.05) is 20.8 Å². The highest BCUT2D eigenvalue weighted by Crippen LogP contribution is 2.66. The summed E-state index contributed by atoms with van der Waals surface area (Å²) in [5.74, 6) is 2.74. The summed E-state index contributed by atoms with van der Waals surface area (Å²) in [5, 5.41) is 16.4. The fourth-order valence-electron chi connectivity index (χ4n) is 8.76. The van der Waals surface area contributed by atoms with Crippen LogP contribution in [-0.4, -0.2) is 93.1 Å². The first-order valence-electron chi connectivity index (χ1n) is 18.4.